The number of carbonyl (C=O) groups is 1. The topological polar surface area (TPSA) is 111 Å². The first-order valence-corrected chi connectivity index (χ1v) is 7.62. The Kier molecular flexibility index (Phi) is 4.59. The van der Waals surface area contributed by atoms with Crippen LogP contribution in [0.1, 0.15) is 32.1 Å². The van der Waals surface area contributed by atoms with Gasteiger partial charge in [-0.05, 0) is 25.5 Å². The molecule has 9 nitrogen and oxygen atoms in total. The molecule has 1 atom stereocenters. The van der Waals surface area contributed by atoms with Crippen molar-refractivity contribution in [2.75, 3.05) is 5.32 Å². The molecule has 2 N–H and O–H groups in total. The molecular formula is C15H18N6O3. The molecule has 0 aliphatic heterocycles. The number of nitrogens with zero attached hydrogens (tertiary/aromatic N) is 4. The Bertz CT molecular complexity index is 792. The molecule has 2 amide bonds. The zero-order chi connectivity index (χ0) is 16.9. The van der Waals surface area contributed by atoms with Gasteiger partial charge in [0.25, 0.3) is 5.89 Å². The van der Waals surface area contributed by atoms with E-state index in [4.69, 9.17) is 8.94 Å². The summed E-state index contributed by atoms with van der Waals surface area (Å²) in [6.45, 7) is 4.22. The molecular weight excluding hydrogens is 312 g/mol. The number of rotatable bonds is 6. The lowest BCUT2D eigenvalue weighted by Crippen LogP contribution is -2.30. The summed E-state index contributed by atoms with van der Waals surface area (Å²) in [5.41, 5.74) is 0. The van der Waals surface area contributed by atoms with Crippen molar-refractivity contribution in [1.29, 1.82) is 0 Å². The number of carbonyl (C=O) groups excluding carboxylic acids is 1. The number of anilines is 1. The first-order valence-electron chi connectivity index (χ1n) is 7.62. The number of hydrogen-bond acceptors (Lipinski definition) is 6. The minimum atomic E-state index is -0.371. The highest BCUT2D eigenvalue weighted by Gasteiger charge is 2.13. The summed E-state index contributed by atoms with van der Waals surface area (Å²) in [4.78, 5) is 16.2. The van der Waals surface area contributed by atoms with E-state index in [-0.39, 0.29) is 24.5 Å². The third kappa shape index (κ3) is 3.45. The lowest BCUT2D eigenvalue weighted by Gasteiger charge is -2.14. The molecule has 126 valence electrons. The number of hydrogen-bond donors (Lipinski definition) is 2. The van der Waals surface area contributed by atoms with E-state index in [1.807, 2.05) is 6.92 Å². The van der Waals surface area contributed by atoms with Gasteiger partial charge in [0.1, 0.15) is 5.82 Å². The first kappa shape index (κ1) is 15.8. The summed E-state index contributed by atoms with van der Waals surface area (Å²) in [6, 6.07) is 5.02. The summed E-state index contributed by atoms with van der Waals surface area (Å²) < 4.78 is 12.0. The smallest absolute Gasteiger partial charge is 0.320 e. The van der Waals surface area contributed by atoms with Gasteiger partial charge in [-0.25, -0.2) is 9.48 Å². The molecule has 0 aliphatic rings. The van der Waals surface area contributed by atoms with Crippen LogP contribution in [-0.4, -0.2) is 26.0 Å². The minimum absolute atomic E-state index is 0.132. The van der Waals surface area contributed by atoms with Crippen LogP contribution >= 0.6 is 0 Å². The minimum Gasteiger partial charge on any atom is -0.459 e. The molecule has 0 aromatic carbocycles. The van der Waals surface area contributed by atoms with Crippen LogP contribution in [0.15, 0.2) is 39.6 Å². The monoisotopic (exact) mass is 330 g/mol. The Morgan fingerprint density at radius 3 is 3.04 bits per heavy atom. The van der Waals surface area contributed by atoms with Crippen LogP contribution in [0.4, 0.5) is 10.6 Å². The third-order valence-electron chi connectivity index (χ3n) is 3.53. The molecule has 0 bridgehead atoms. The molecule has 0 fully saturated rings. The maximum Gasteiger partial charge on any atom is 0.320 e. The van der Waals surface area contributed by atoms with Gasteiger partial charge in [0.05, 0.1) is 25.0 Å². The van der Waals surface area contributed by atoms with Gasteiger partial charge in [0.2, 0.25) is 0 Å². The van der Waals surface area contributed by atoms with Crippen LogP contribution in [0.25, 0.3) is 11.7 Å². The van der Waals surface area contributed by atoms with Crippen molar-refractivity contribution in [3.05, 3.63) is 36.5 Å². The lowest BCUT2D eigenvalue weighted by molar-refractivity contribution is 0.251. The molecule has 9 heteroatoms. The lowest BCUT2D eigenvalue weighted by atomic mass is 10.3. The van der Waals surface area contributed by atoms with E-state index < -0.39 is 0 Å². The van der Waals surface area contributed by atoms with Crippen LogP contribution in [0.2, 0.25) is 0 Å². The molecule has 0 saturated carbocycles. The van der Waals surface area contributed by atoms with E-state index in [1.165, 1.54) is 6.26 Å². The molecule has 0 radical (unpaired) electrons. The van der Waals surface area contributed by atoms with Gasteiger partial charge in [0.15, 0.2) is 11.6 Å². The zero-order valence-corrected chi connectivity index (χ0v) is 13.4. The Balaban J connectivity index is 1.56. The number of furan rings is 1. The second-order valence-corrected chi connectivity index (χ2v) is 5.22. The number of amides is 2. The quantitative estimate of drug-likeness (QED) is 0.719. The van der Waals surface area contributed by atoms with Crippen LogP contribution in [0.3, 0.4) is 0 Å². The van der Waals surface area contributed by atoms with Crippen molar-refractivity contribution in [1.82, 2.24) is 25.2 Å². The fourth-order valence-electron chi connectivity index (χ4n) is 2.08. The number of nitrogens with one attached hydrogen (secondary N) is 2. The summed E-state index contributed by atoms with van der Waals surface area (Å²) >= 11 is 0. The summed E-state index contributed by atoms with van der Waals surface area (Å²) in [7, 11) is 0. The number of urea groups is 1. The van der Waals surface area contributed by atoms with E-state index in [1.54, 1.807) is 29.1 Å². The van der Waals surface area contributed by atoms with Crippen LogP contribution < -0.4 is 10.6 Å². The van der Waals surface area contributed by atoms with Crippen molar-refractivity contribution in [3.8, 4) is 11.7 Å². The Morgan fingerprint density at radius 1 is 1.42 bits per heavy atom. The van der Waals surface area contributed by atoms with Crippen molar-refractivity contribution in [2.24, 2.45) is 0 Å². The van der Waals surface area contributed by atoms with Gasteiger partial charge in [-0.15, -0.1) is 0 Å². The van der Waals surface area contributed by atoms with Gasteiger partial charge in [0, 0.05) is 6.07 Å². The van der Waals surface area contributed by atoms with Crippen LogP contribution in [-0.2, 0) is 6.54 Å². The fourth-order valence-corrected chi connectivity index (χ4v) is 2.08. The highest BCUT2D eigenvalue weighted by Crippen LogP contribution is 2.17. The van der Waals surface area contributed by atoms with Gasteiger partial charge in [-0.3, -0.25) is 5.32 Å². The summed E-state index contributed by atoms with van der Waals surface area (Å²) in [6.07, 6.45) is 4.08. The second-order valence-electron chi connectivity index (χ2n) is 5.22. The molecule has 3 aromatic rings. The highest BCUT2D eigenvalue weighted by atomic mass is 16.5. The van der Waals surface area contributed by atoms with Gasteiger partial charge in [-0.2, -0.15) is 10.1 Å². The molecule has 3 aromatic heterocycles. The average molecular weight is 330 g/mol. The van der Waals surface area contributed by atoms with E-state index in [9.17, 15) is 4.79 Å². The second kappa shape index (κ2) is 6.99. The SMILES string of the molecule is CC[C@@H](C)n1nccc1NC(=O)NCc1noc(-c2ccco2)n1. The van der Waals surface area contributed by atoms with E-state index in [2.05, 4.69) is 32.8 Å². The molecule has 0 aliphatic carbocycles. The molecule has 3 rings (SSSR count). The Morgan fingerprint density at radius 2 is 2.29 bits per heavy atom. The van der Waals surface area contributed by atoms with Crippen LogP contribution in [0.5, 0.6) is 0 Å². The van der Waals surface area contributed by atoms with Gasteiger partial charge < -0.3 is 14.3 Å². The standard InChI is InChI=1S/C15H18N6O3/c1-3-10(2)21-13(6-7-17-21)19-15(22)16-9-12-18-14(24-20-12)11-5-4-8-23-11/h4-8,10H,3,9H2,1-2H3,(H2,16,19,22)/t10-/m1/s1. The first-order chi connectivity index (χ1) is 11.7. The number of aromatic nitrogens is 4. The van der Waals surface area contributed by atoms with Crippen LogP contribution in [0, 0.1) is 0 Å². The highest BCUT2D eigenvalue weighted by molar-refractivity contribution is 5.88. The van der Waals surface area contributed by atoms with E-state index in [0.29, 0.717) is 17.4 Å². The maximum absolute atomic E-state index is 12.0. The van der Waals surface area contributed by atoms with Crippen molar-refractivity contribution >= 4 is 11.8 Å². The Hall–Kier alpha value is -3.10. The largest absolute Gasteiger partial charge is 0.459 e. The zero-order valence-electron chi connectivity index (χ0n) is 13.4. The van der Waals surface area contributed by atoms with Crippen molar-refractivity contribution < 1.29 is 13.7 Å². The van der Waals surface area contributed by atoms with Gasteiger partial charge in [-0.1, -0.05) is 12.1 Å². The third-order valence-corrected chi connectivity index (χ3v) is 3.53. The van der Waals surface area contributed by atoms with Crippen molar-refractivity contribution in [3.63, 3.8) is 0 Å². The normalized spacial score (nSPS) is 12.1. The molecule has 3 heterocycles. The van der Waals surface area contributed by atoms with Crippen molar-refractivity contribution in [2.45, 2.75) is 32.9 Å². The van der Waals surface area contributed by atoms with Gasteiger partial charge >= 0.3 is 6.03 Å². The maximum atomic E-state index is 12.0. The summed E-state index contributed by atoms with van der Waals surface area (Å²) in [5, 5.41) is 13.4. The van der Waals surface area contributed by atoms with E-state index >= 15 is 0 Å². The summed E-state index contributed by atoms with van der Waals surface area (Å²) in [5.74, 6) is 1.74. The molecule has 24 heavy (non-hydrogen) atoms. The predicted molar refractivity (Wildman–Crippen MR) is 85.1 cm³/mol. The predicted octanol–water partition coefficient (Wildman–Crippen LogP) is 2.82. The average Bonchev–Trinajstić information content (AvgIpc) is 3.32. The molecule has 0 unspecified atom stereocenters. The molecule has 0 spiro atoms. The molecule has 0 saturated heterocycles. The van der Waals surface area contributed by atoms with E-state index in [0.717, 1.165) is 6.42 Å². The Labute approximate surface area is 138 Å². The fraction of sp³-hybridized carbons (Fsp3) is 0.333.